The summed E-state index contributed by atoms with van der Waals surface area (Å²) in [7, 11) is 0. The predicted octanol–water partition coefficient (Wildman–Crippen LogP) is 3.46. The van der Waals surface area contributed by atoms with Crippen LogP contribution in [0.25, 0.3) is 10.9 Å². The van der Waals surface area contributed by atoms with Crippen LogP contribution < -0.4 is 4.90 Å². The van der Waals surface area contributed by atoms with Crippen LogP contribution in [0, 0.1) is 0 Å². The summed E-state index contributed by atoms with van der Waals surface area (Å²) < 4.78 is 38.2. The molecule has 0 fully saturated rings. The lowest BCUT2D eigenvalue weighted by Crippen LogP contribution is -2.27. The molecule has 0 unspecified atom stereocenters. The second-order valence-electron chi connectivity index (χ2n) is 4.77. The van der Waals surface area contributed by atoms with Crippen LogP contribution >= 0.6 is 0 Å². The first kappa shape index (κ1) is 15.6. The number of nitrogens with zero attached hydrogens (tertiary/aromatic N) is 2. The van der Waals surface area contributed by atoms with Crippen LogP contribution in [0.5, 0.6) is 0 Å². The Morgan fingerprint density at radius 1 is 1.19 bits per heavy atom. The molecule has 0 radical (unpaired) electrons. The summed E-state index contributed by atoms with van der Waals surface area (Å²) in [6, 6.07) is 5.33. The molecule has 0 aliphatic carbocycles. The van der Waals surface area contributed by atoms with Crippen LogP contribution in [-0.2, 0) is 6.18 Å². The third kappa shape index (κ3) is 3.44. The SMILES string of the molecule is CCCN(CCO)c1ccnc2cc(C(F)(F)F)ccc12. The molecule has 114 valence electrons. The highest BCUT2D eigenvalue weighted by molar-refractivity contribution is 5.92. The second kappa shape index (κ2) is 6.30. The van der Waals surface area contributed by atoms with Crippen molar-refractivity contribution in [1.29, 1.82) is 0 Å². The highest BCUT2D eigenvalue weighted by atomic mass is 19.4. The normalized spacial score (nSPS) is 11.9. The fourth-order valence-corrected chi connectivity index (χ4v) is 2.33. The largest absolute Gasteiger partial charge is 0.416 e. The maximum Gasteiger partial charge on any atom is 0.416 e. The minimum atomic E-state index is -4.37. The Bertz CT molecular complexity index is 607. The second-order valence-corrected chi connectivity index (χ2v) is 4.77. The van der Waals surface area contributed by atoms with E-state index >= 15 is 0 Å². The van der Waals surface area contributed by atoms with Crippen molar-refractivity contribution in [3.8, 4) is 0 Å². The summed E-state index contributed by atoms with van der Waals surface area (Å²) in [6.45, 7) is 3.16. The number of benzene rings is 1. The Hall–Kier alpha value is -1.82. The van der Waals surface area contributed by atoms with E-state index in [1.165, 1.54) is 12.3 Å². The average Bonchev–Trinajstić information content (AvgIpc) is 2.45. The lowest BCUT2D eigenvalue weighted by Gasteiger charge is -2.24. The van der Waals surface area contributed by atoms with Gasteiger partial charge in [-0.25, -0.2) is 0 Å². The number of hydrogen-bond acceptors (Lipinski definition) is 3. The van der Waals surface area contributed by atoms with E-state index in [-0.39, 0.29) is 6.61 Å². The van der Waals surface area contributed by atoms with Crippen molar-refractivity contribution < 1.29 is 18.3 Å². The molecule has 0 amide bonds. The van der Waals surface area contributed by atoms with E-state index in [1.807, 2.05) is 11.8 Å². The van der Waals surface area contributed by atoms with Gasteiger partial charge in [0.25, 0.3) is 0 Å². The molecule has 1 aromatic carbocycles. The molecule has 21 heavy (non-hydrogen) atoms. The van der Waals surface area contributed by atoms with Gasteiger partial charge in [-0.3, -0.25) is 4.98 Å². The molecule has 0 bridgehead atoms. The third-order valence-electron chi connectivity index (χ3n) is 3.25. The van der Waals surface area contributed by atoms with Crippen molar-refractivity contribution in [2.45, 2.75) is 19.5 Å². The van der Waals surface area contributed by atoms with Crippen LogP contribution in [0.4, 0.5) is 18.9 Å². The zero-order chi connectivity index (χ0) is 15.5. The van der Waals surface area contributed by atoms with Crippen LogP contribution in [0.1, 0.15) is 18.9 Å². The Morgan fingerprint density at radius 3 is 2.57 bits per heavy atom. The first-order chi connectivity index (χ1) is 9.97. The van der Waals surface area contributed by atoms with Gasteiger partial charge in [0.1, 0.15) is 0 Å². The molecule has 0 aliphatic heterocycles. The van der Waals surface area contributed by atoms with Gasteiger partial charge in [-0.1, -0.05) is 13.0 Å². The summed E-state index contributed by atoms with van der Waals surface area (Å²) in [5.74, 6) is 0. The number of fused-ring (bicyclic) bond motifs is 1. The van der Waals surface area contributed by atoms with E-state index in [9.17, 15) is 13.2 Å². The van der Waals surface area contributed by atoms with Crippen molar-refractivity contribution in [2.75, 3.05) is 24.6 Å². The lowest BCUT2D eigenvalue weighted by molar-refractivity contribution is -0.137. The van der Waals surface area contributed by atoms with Gasteiger partial charge < -0.3 is 10.0 Å². The first-order valence-corrected chi connectivity index (χ1v) is 6.79. The molecule has 6 heteroatoms. The monoisotopic (exact) mass is 298 g/mol. The van der Waals surface area contributed by atoms with Crippen molar-refractivity contribution >= 4 is 16.6 Å². The molecule has 1 heterocycles. The Morgan fingerprint density at radius 2 is 1.95 bits per heavy atom. The lowest BCUT2D eigenvalue weighted by atomic mass is 10.1. The number of halogens is 3. The molecule has 1 N–H and O–H groups in total. The molecule has 0 spiro atoms. The van der Waals surface area contributed by atoms with Gasteiger partial charge in [0.05, 0.1) is 17.7 Å². The number of aliphatic hydroxyl groups is 1. The summed E-state index contributed by atoms with van der Waals surface area (Å²) in [4.78, 5) is 5.99. The van der Waals surface area contributed by atoms with Crippen molar-refractivity contribution in [2.24, 2.45) is 0 Å². The standard InChI is InChI=1S/C15H17F3N2O/c1-2-7-20(8-9-21)14-5-6-19-13-10-11(15(16,17)18)3-4-12(13)14/h3-6,10,21H,2,7-9H2,1H3. The minimum Gasteiger partial charge on any atom is -0.395 e. The molecule has 3 nitrogen and oxygen atoms in total. The highest BCUT2D eigenvalue weighted by Gasteiger charge is 2.30. The van der Waals surface area contributed by atoms with Crippen LogP contribution in [0.2, 0.25) is 0 Å². The van der Waals surface area contributed by atoms with Crippen LogP contribution in [0.15, 0.2) is 30.5 Å². The zero-order valence-electron chi connectivity index (χ0n) is 11.7. The van der Waals surface area contributed by atoms with E-state index in [0.29, 0.717) is 17.4 Å². The van der Waals surface area contributed by atoms with Gasteiger partial charge >= 0.3 is 6.18 Å². The quantitative estimate of drug-likeness (QED) is 0.918. The molecule has 0 aliphatic rings. The minimum absolute atomic E-state index is 0.00947. The van der Waals surface area contributed by atoms with Crippen LogP contribution in [0.3, 0.4) is 0 Å². The summed E-state index contributed by atoms with van der Waals surface area (Å²) in [5.41, 5.74) is 0.398. The van der Waals surface area contributed by atoms with E-state index < -0.39 is 11.7 Å². The van der Waals surface area contributed by atoms with Crippen molar-refractivity contribution in [1.82, 2.24) is 4.98 Å². The number of anilines is 1. The molecule has 0 atom stereocenters. The number of rotatable bonds is 5. The van der Waals surface area contributed by atoms with Crippen LogP contribution in [-0.4, -0.2) is 29.8 Å². The van der Waals surface area contributed by atoms with Gasteiger partial charge in [0.15, 0.2) is 0 Å². The van der Waals surface area contributed by atoms with Gasteiger partial charge in [-0.2, -0.15) is 13.2 Å². The highest BCUT2D eigenvalue weighted by Crippen LogP contribution is 2.33. The summed E-state index contributed by atoms with van der Waals surface area (Å²) >= 11 is 0. The molecule has 0 saturated heterocycles. The fraction of sp³-hybridized carbons (Fsp3) is 0.400. The smallest absolute Gasteiger partial charge is 0.395 e. The average molecular weight is 298 g/mol. The maximum atomic E-state index is 12.7. The topological polar surface area (TPSA) is 36.4 Å². The molecule has 1 aromatic heterocycles. The molecule has 2 aromatic rings. The summed E-state index contributed by atoms with van der Waals surface area (Å²) in [6.07, 6.45) is -2.00. The van der Waals surface area contributed by atoms with Gasteiger partial charge in [-0.15, -0.1) is 0 Å². The fourth-order valence-electron chi connectivity index (χ4n) is 2.33. The maximum absolute atomic E-state index is 12.7. The third-order valence-corrected chi connectivity index (χ3v) is 3.25. The molecular formula is C15H17F3N2O. The number of aromatic nitrogens is 1. The zero-order valence-corrected chi connectivity index (χ0v) is 11.7. The van der Waals surface area contributed by atoms with Crippen molar-refractivity contribution in [3.63, 3.8) is 0 Å². The number of aliphatic hydroxyl groups excluding tert-OH is 1. The Balaban J connectivity index is 2.50. The van der Waals surface area contributed by atoms with E-state index in [1.54, 1.807) is 6.07 Å². The molecule has 0 saturated carbocycles. The number of alkyl halides is 3. The van der Waals surface area contributed by atoms with E-state index in [4.69, 9.17) is 5.11 Å². The number of pyridine rings is 1. The summed E-state index contributed by atoms with van der Waals surface area (Å²) in [5, 5.41) is 9.80. The van der Waals surface area contributed by atoms with Gasteiger partial charge in [-0.05, 0) is 24.6 Å². The van der Waals surface area contributed by atoms with Gasteiger partial charge in [0.2, 0.25) is 0 Å². The molecule has 2 rings (SSSR count). The predicted molar refractivity (Wildman–Crippen MR) is 76.3 cm³/mol. The van der Waals surface area contributed by atoms with Gasteiger partial charge in [0, 0.05) is 30.4 Å². The molecular weight excluding hydrogens is 281 g/mol. The Labute approximate surface area is 121 Å². The number of hydrogen-bond donors (Lipinski definition) is 1. The van der Waals surface area contributed by atoms with Crippen molar-refractivity contribution in [3.05, 3.63) is 36.0 Å². The van der Waals surface area contributed by atoms with E-state index in [2.05, 4.69) is 4.98 Å². The van der Waals surface area contributed by atoms with E-state index in [0.717, 1.165) is 30.8 Å². The Kier molecular flexibility index (Phi) is 4.67. The first-order valence-electron chi connectivity index (χ1n) is 6.79.